The average molecular weight is 278 g/mol. The molecule has 5 nitrogen and oxygen atoms in total. The first-order valence-electron chi connectivity index (χ1n) is 6.63. The van der Waals surface area contributed by atoms with Crippen LogP contribution >= 0.6 is 0 Å². The van der Waals surface area contributed by atoms with Gasteiger partial charge in [-0.15, -0.1) is 0 Å². The molecule has 0 radical (unpaired) electrons. The van der Waals surface area contributed by atoms with Gasteiger partial charge >= 0.3 is 0 Å². The normalized spacial score (nSPS) is 26.2. The van der Waals surface area contributed by atoms with Crippen LogP contribution < -0.4 is 9.44 Å². The van der Waals surface area contributed by atoms with Gasteiger partial charge in [0.25, 0.3) is 10.2 Å². The molecule has 6 heteroatoms. The molecule has 3 N–H and O–H groups in total. The van der Waals surface area contributed by atoms with Crippen molar-refractivity contribution in [1.29, 1.82) is 0 Å². The summed E-state index contributed by atoms with van der Waals surface area (Å²) >= 11 is 0. The molecule has 0 saturated heterocycles. The summed E-state index contributed by atoms with van der Waals surface area (Å²) < 4.78 is 28.8. The quantitative estimate of drug-likeness (QED) is 0.702. The summed E-state index contributed by atoms with van der Waals surface area (Å²) in [6.07, 6.45) is 4.24. The minimum Gasteiger partial charge on any atom is -0.396 e. The van der Waals surface area contributed by atoms with Crippen LogP contribution in [0.3, 0.4) is 0 Å². The van der Waals surface area contributed by atoms with Crippen LogP contribution in [0.2, 0.25) is 0 Å². The van der Waals surface area contributed by atoms with Gasteiger partial charge in [0.15, 0.2) is 0 Å². The molecule has 108 valence electrons. The number of hydrogen-bond donors (Lipinski definition) is 3. The van der Waals surface area contributed by atoms with Crippen molar-refractivity contribution in [1.82, 2.24) is 9.44 Å². The Labute approximate surface area is 111 Å². The Morgan fingerprint density at radius 2 is 1.72 bits per heavy atom. The third-order valence-electron chi connectivity index (χ3n) is 3.28. The molecule has 0 aromatic rings. The second kappa shape index (κ2) is 6.32. The predicted molar refractivity (Wildman–Crippen MR) is 72.3 cm³/mol. The first-order valence-corrected chi connectivity index (χ1v) is 8.11. The van der Waals surface area contributed by atoms with Crippen LogP contribution in [0.5, 0.6) is 0 Å². The average Bonchev–Trinajstić information content (AvgIpc) is 2.23. The van der Waals surface area contributed by atoms with Crippen molar-refractivity contribution in [3.63, 3.8) is 0 Å². The Balaban J connectivity index is 2.48. The number of aliphatic hydroxyl groups excluding tert-OH is 1. The van der Waals surface area contributed by atoms with Crippen molar-refractivity contribution in [2.45, 2.75) is 52.0 Å². The van der Waals surface area contributed by atoms with Crippen LogP contribution in [-0.2, 0) is 10.2 Å². The maximum atomic E-state index is 11.8. The summed E-state index contributed by atoms with van der Waals surface area (Å²) in [5.74, 6) is 0.483. The summed E-state index contributed by atoms with van der Waals surface area (Å²) in [7, 11) is -3.45. The minimum absolute atomic E-state index is 0.152. The van der Waals surface area contributed by atoms with Crippen molar-refractivity contribution >= 4 is 10.2 Å². The van der Waals surface area contributed by atoms with E-state index in [4.69, 9.17) is 0 Å². The molecular formula is C12H26N2O3S. The third kappa shape index (κ3) is 5.65. The SMILES string of the molecule is CC(C)(C)NS(=O)(=O)NCC1CCCCC1CO. The summed E-state index contributed by atoms with van der Waals surface area (Å²) in [5.41, 5.74) is -0.477. The van der Waals surface area contributed by atoms with Gasteiger partial charge < -0.3 is 5.11 Å². The van der Waals surface area contributed by atoms with Gasteiger partial charge in [-0.1, -0.05) is 12.8 Å². The van der Waals surface area contributed by atoms with E-state index in [9.17, 15) is 13.5 Å². The molecule has 0 heterocycles. The topological polar surface area (TPSA) is 78.4 Å². The standard InChI is InChI=1S/C12H26N2O3S/c1-12(2,3)14-18(16,17)13-8-10-6-4-5-7-11(10)9-15/h10-11,13-15H,4-9H2,1-3H3. The molecule has 2 atom stereocenters. The highest BCUT2D eigenvalue weighted by Gasteiger charge is 2.26. The van der Waals surface area contributed by atoms with Gasteiger partial charge in [-0.3, -0.25) is 0 Å². The van der Waals surface area contributed by atoms with Crippen LogP contribution in [0.4, 0.5) is 0 Å². The van der Waals surface area contributed by atoms with E-state index in [0.29, 0.717) is 6.54 Å². The fourth-order valence-corrected chi connectivity index (χ4v) is 3.76. The van der Waals surface area contributed by atoms with Crippen LogP contribution in [0, 0.1) is 11.8 Å². The lowest BCUT2D eigenvalue weighted by molar-refractivity contribution is 0.136. The maximum absolute atomic E-state index is 11.8. The molecule has 0 aliphatic heterocycles. The molecule has 1 rings (SSSR count). The van der Waals surface area contributed by atoms with Crippen LogP contribution in [0.15, 0.2) is 0 Å². The molecule has 2 unspecified atom stereocenters. The van der Waals surface area contributed by atoms with E-state index in [1.54, 1.807) is 0 Å². The Hall–Kier alpha value is -0.170. The second-order valence-corrected chi connectivity index (χ2v) is 7.69. The lowest BCUT2D eigenvalue weighted by atomic mass is 9.80. The summed E-state index contributed by atoms with van der Waals surface area (Å²) in [4.78, 5) is 0. The fraction of sp³-hybridized carbons (Fsp3) is 1.00. The highest BCUT2D eigenvalue weighted by atomic mass is 32.2. The van der Waals surface area contributed by atoms with E-state index in [2.05, 4.69) is 9.44 Å². The number of hydrogen-bond acceptors (Lipinski definition) is 3. The molecule has 18 heavy (non-hydrogen) atoms. The number of rotatable bonds is 5. The molecule has 0 aromatic heterocycles. The zero-order valence-corrected chi connectivity index (χ0v) is 12.4. The molecule has 1 saturated carbocycles. The first kappa shape index (κ1) is 15.9. The fourth-order valence-electron chi connectivity index (χ4n) is 2.45. The van der Waals surface area contributed by atoms with Crippen molar-refractivity contribution in [2.75, 3.05) is 13.2 Å². The predicted octanol–water partition coefficient (Wildman–Crippen LogP) is 1.01. The van der Waals surface area contributed by atoms with E-state index < -0.39 is 15.7 Å². The van der Waals surface area contributed by atoms with Crippen LogP contribution in [0.1, 0.15) is 46.5 Å². The van der Waals surface area contributed by atoms with Gasteiger partial charge in [0.05, 0.1) is 0 Å². The lowest BCUT2D eigenvalue weighted by Gasteiger charge is -2.30. The molecular weight excluding hydrogens is 252 g/mol. The van der Waals surface area contributed by atoms with E-state index in [1.807, 2.05) is 20.8 Å². The van der Waals surface area contributed by atoms with Gasteiger partial charge in [0.1, 0.15) is 0 Å². The Morgan fingerprint density at radius 3 is 2.22 bits per heavy atom. The van der Waals surface area contributed by atoms with Crippen molar-refractivity contribution < 1.29 is 13.5 Å². The Morgan fingerprint density at radius 1 is 1.17 bits per heavy atom. The van der Waals surface area contributed by atoms with Crippen molar-refractivity contribution in [3.8, 4) is 0 Å². The Bertz CT molecular complexity index is 349. The van der Waals surface area contributed by atoms with Crippen LogP contribution in [0.25, 0.3) is 0 Å². The van der Waals surface area contributed by atoms with E-state index in [1.165, 1.54) is 0 Å². The molecule has 1 fully saturated rings. The van der Waals surface area contributed by atoms with Crippen molar-refractivity contribution in [2.24, 2.45) is 11.8 Å². The lowest BCUT2D eigenvalue weighted by Crippen LogP contribution is -2.48. The van der Waals surface area contributed by atoms with Gasteiger partial charge in [0.2, 0.25) is 0 Å². The molecule has 0 aromatic carbocycles. The maximum Gasteiger partial charge on any atom is 0.277 e. The summed E-state index contributed by atoms with van der Waals surface area (Å²) in [6.45, 7) is 5.99. The van der Waals surface area contributed by atoms with E-state index in [0.717, 1.165) is 25.7 Å². The van der Waals surface area contributed by atoms with Crippen molar-refractivity contribution in [3.05, 3.63) is 0 Å². The van der Waals surface area contributed by atoms with Gasteiger partial charge in [-0.2, -0.15) is 13.1 Å². The monoisotopic (exact) mass is 278 g/mol. The minimum atomic E-state index is -3.45. The molecule has 0 amide bonds. The number of nitrogens with one attached hydrogen (secondary N) is 2. The molecule has 1 aliphatic rings. The highest BCUT2D eigenvalue weighted by Crippen LogP contribution is 2.29. The molecule has 1 aliphatic carbocycles. The molecule has 0 bridgehead atoms. The van der Waals surface area contributed by atoms with Crippen LogP contribution in [-0.4, -0.2) is 32.2 Å². The van der Waals surface area contributed by atoms with Gasteiger partial charge in [-0.25, -0.2) is 4.72 Å². The second-order valence-electron chi connectivity index (χ2n) is 6.19. The summed E-state index contributed by atoms with van der Waals surface area (Å²) in [6, 6.07) is 0. The largest absolute Gasteiger partial charge is 0.396 e. The van der Waals surface area contributed by atoms with Gasteiger partial charge in [0, 0.05) is 18.7 Å². The number of aliphatic hydroxyl groups is 1. The summed E-state index contributed by atoms with van der Waals surface area (Å²) in [5, 5.41) is 9.28. The van der Waals surface area contributed by atoms with Gasteiger partial charge in [-0.05, 0) is 45.4 Å². The Kier molecular flexibility index (Phi) is 5.58. The van der Waals surface area contributed by atoms with E-state index in [-0.39, 0.29) is 18.4 Å². The molecule has 0 spiro atoms. The smallest absolute Gasteiger partial charge is 0.277 e. The first-order chi connectivity index (χ1) is 8.23. The zero-order valence-electron chi connectivity index (χ0n) is 11.6. The highest BCUT2D eigenvalue weighted by molar-refractivity contribution is 7.87. The zero-order chi connectivity index (χ0) is 13.8. The van der Waals surface area contributed by atoms with E-state index >= 15 is 0 Å². The third-order valence-corrected chi connectivity index (χ3v) is 4.70.